The molecule has 1 rings (SSSR count). The Bertz CT molecular complexity index is 588. The molecule has 0 amide bonds. The van der Waals surface area contributed by atoms with Gasteiger partial charge in [-0.25, -0.2) is 4.79 Å². The Balaban J connectivity index is 3.05. The van der Waals surface area contributed by atoms with Crippen molar-refractivity contribution in [2.75, 3.05) is 6.61 Å². The van der Waals surface area contributed by atoms with Gasteiger partial charge < -0.3 is 9.30 Å². The Morgan fingerprint density at radius 2 is 2.21 bits per heavy atom. The largest absolute Gasteiger partial charge is 0.463 e. The van der Waals surface area contributed by atoms with E-state index in [1.165, 1.54) is 6.92 Å². The van der Waals surface area contributed by atoms with E-state index >= 15 is 0 Å². The third kappa shape index (κ3) is 3.51. The first-order valence-electron chi connectivity index (χ1n) is 5.57. The van der Waals surface area contributed by atoms with Gasteiger partial charge in [0.25, 0.3) is 11.2 Å². The molecule has 7 nitrogen and oxygen atoms in total. The minimum atomic E-state index is -0.627. The maximum absolute atomic E-state index is 11.7. The van der Waals surface area contributed by atoms with Crippen LogP contribution in [0.15, 0.2) is 29.2 Å². The number of carbonyl (C=O) groups excluding carboxylic acids is 1. The van der Waals surface area contributed by atoms with Gasteiger partial charge >= 0.3 is 5.97 Å². The minimum Gasteiger partial charge on any atom is -0.463 e. The summed E-state index contributed by atoms with van der Waals surface area (Å²) in [4.78, 5) is 33.2. The van der Waals surface area contributed by atoms with Crippen molar-refractivity contribution < 1.29 is 14.5 Å². The van der Waals surface area contributed by atoms with E-state index in [0.29, 0.717) is 0 Å². The van der Waals surface area contributed by atoms with Crippen LogP contribution < -0.4 is 5.56 Å². The van der Waals surface area contributed by atoms with Crippen molar-refractivity contribution in [2.24, 2.45) is 0 Å². The molecule has 0 atom stereocenters. The van der Waals surface area contributed by atoms with Gasteiger partial charge in [0.2, 0.25) is 0 Å². The van der Waals surface area contributed by atoms with Crippen molar-refractivity contribution in [1.29, 1.82) is 0 Å². The number of aryl methyl sites for hydroxylation is 1. The zero-order chi connectivity index (χ0) is 14.6. The molecule has 0 radical (unpaired) electrons. The summed E-state index contributed by atoms with van der Waals surface area (Å²) in [5.74, 6) is -0.627. The van der Waals surface area contributed by atoms with Crippen LogP contribution in [-0.4, -0.2) is 22.1 Å². The molecule has 0 saturated heterocycles. The van der Waals surface area contributed by atoms with E-state index in [2.05, 4.69) is 6.58 Å². The fourth-order valence-corrected chi connectivity index (χ4v) is 1.47. The molecule has 0 bridgehead atoms. The molecule has 0 aromatic carbocycles. The second-order valence-electron chi connectivity index (χ2n) is 3.89. The summed E-state index contributed by atoms with van der Waals surface area (Å²) in [6.07, 6.45) is 1.10. The van der Waals surface area contributed by atoms with E-state index in [-0.39, 0.29) is 30.0 Å². The first-order chi connectivity index (χ1) is 8.86. The highest BCUT2D eigenvalue weighted by Gasteiger charge is 2.15. The molecule has 19 heavy (non-hydrogen) atoms. The van der Waals surface area contributed by atoms with Gasteiger partial charge in [0.1, 0.15) is 0 Å². The van der Waals surface area contributed by atoms with Crippen molar-refractivity contribution in [3.05, 3.63) is 50.4 Å². The van der Waals surface area contributed by atoms with Gasteiger partial charge in [0.15, 0.2) is 0 Å². The predicted octanol–water partition coefficient (Wildman–Crippen LogP) is 1.18. The number of hydrogen-bond acceptors (Lipinski definition) is 5. The van der Waals surface area contributed by atoms with Crippen molar-refractivity contribution in [3.63, 3.8) is 0 Å². The van der Waals surface area contributed by atoms with Gasteiger partial charge in [0.05, 0.1) is 24.3 Å². The Morgan fingerprint density at radius 3 is 2.74 bits per heavy atom. The van der Waals surface area contributed by atoms with Crippen molar-refractivity contribution in [2.45, 2.75) is 20.4 Å². The van der Waals surface area contributed by atoms with Crippen molar-refractivity contribution in [3.8, 4) is 0 Å². The van der Waals surface area contributed by atoms with Gasteiger partial charge in [-0.3, -0.25) is 14.9 Å². The molecule has 7 heteroatoms. The molecular formula is C12H14N2O5. The number of rotatable bonds is 5. The number of pyridine rings is 1. The topological polar surface area (TPSA) is 91.4 Å². The fraction of sp³-hybridized carbons (Fsp3) is 0.333. The van der Waals surface area contributed by atoms with E-state index < -0.39 is 16.5 Å². The van der Waals surface area contributed by atoms with Crippen LogP contribution >= 0.6 is 0 Å². The third-order valence-corrected chi connectivity index (χ3v) is 2.43. The zero-order valence-electron chi connectivity index (χ0n) is 10.7. The average molecular weight is 266 g/mol. The number of aromatic nitrogens is 1. The number of ether oxygens (including phenoxy) is 1. The monoisotopic (exact) mass is 266 g/mol. The molecule has 0 aliphatic carbocycles. The van der Waals surface area contributed by atoms with Gasteiger partial charge in [-0.05, 0) is 13.8 Å². The molecule has 1 aromatic heterocycles. The fourth-order valence-electron chi connectivity index (χ4n) is 1.47. The van der Waals surface area contributed by atoms with Crippen LogP contribution in [0.25, 0.3) is 0 Å². The molecule has 1 heterocycles. The third-order valence-electron chi connectivity index (χ3n) is 2.43. The van der Waals surface area contributed by atoms with Gasteiger partial charge in [-0.1, -0.05) is 6.58 Å². The highest BCUT2D eigenvalue weighted by molar-refractivity contribution is 5.87. The lowest BCUT2D eigenvalue weighted by Gasteiger charge is -2.08. The number of hydrogen-bond donors (Lipinski definition) is 0. The normalized spacial score (nSPS) is 10.0. The second-order valence-corrected chi connectivity index (χ2v) is 3.89. The van der Waals surface area contributed by atoms with Gasteiger partial charge in [-0.15, -0.1) is 0 Å². The van der Waals surface area contributed by atoms with E-state index in [4.69, 9.17) is 4.74 Å². The summed E-state index contributed by atoms with van der Waals surface area (Å²) >= 11 is 0. The average Bonchev–Trinajstić information content (AvgIpc) is 2.32. The lowest BCUT2D eigenvalue weighted by Crippen LogP contribution is -2.23. The summed E-state index contributed by atoms with van der Waals surface area (Å²) in [5, 5.41) is 10.8. The Kier molecular flexibility index (Phi) is 4.57. The van der Waals surface area contributed by atoms with E-state index in [9.17, 15) is 19.7 Å². The van der Waals surface area contributed by atoms with Crippen LogP contribution in [0.1, 0.15) is 12.5 Å². The lowest BCUT2D eigenvalue weighted by molar-refractivity contribution is -0.385. The minimum absolute atomic E-state index is 0.0575. The molecule has 0 aliphatic rings. The van der Waals surface area contributed by atoms with Gasteiger partial charge in [0, 0.05) is 17.2 Å². The Morgan fingerprint density at radius 1 is 1.58 bits per heavy atom. The number of esters is 1. The molecule has 0 saturated carbocycles. The van der Waals surface area contributed by atoms with Gasteiger partial charge in [-0.2, -0.15) is 0 Å². The van der Waals surface area contributed by atoms with E-state index in [1.807, 2.05) is 0 Å². The number of nitrogens with zero attached hydrogens (tertiary/aromatic N) is 2. The Labute approximate surface area is 109 Å². The molecule has 1 aromatic rings. The number of carbonyl (C=O) groups is 1. The highest BCUT2D eigenvalue weighted by Crippen LogP contribution is 2.14. The lowest BCUT2D eigenvalue weighted by atomic mass is 10.2. The number of nitro groups is 1. The maximum Gasteiger partial charge on any atom is 0.335 e. The summed E-state index contributed by atoms with van der Waals surface area (Å²) in [5.41, 5.74) is -0.292. The van der Waals surface area contributed by atoms with E-state index in [0.717, 1.165) is 16.8 Å². The summed E-state index contributed by atoms with van der Waals surface area (Å²) in [7, 11) is 0. The molecule has 0 unspecified atom stereocenters. The molecule has 0 N–H and O–H groups in total. The molecular weight excluding hydrogens is 252 g/mol. The molecule has 0 spiro atoms. The van der Waals surface area contributed by atoms with Crippen LogP contribution in [0.5, 0.6) is 0 Å². The Hall–Kier alpha value is -2.44. The molecule has 0 fully saturated rings. The molecule has 102 valence electrons. The zero-order valence-corrected chi connectivity index (χ0v) is 10.7. The van der Waals surface area contributed by atoms with Crippen LogP contribution in [0.4, 0.5) is 5.69 Å². The maximum atomic E-state index is 11.7. The van der Waals surface area contributed by atoms with E-state index in [1.54, 1.807) is 6.92 Å². The molecule has 0 aliphatic heterocycles. The van der Waals surface area contributed by atoms with Crippen molar-refractivity contribution in [1.82, 2.24) is 4.57 Å². The van der Waals surface area contributed by atoms with Crippen LogP contribution in [0.2, 0.25) is 0 Å². The van der Waals surface area contributed by atoms with Crippen LogP contribution in [0.3, 0.4) is 0 Å². The van der Waals surface area contributed by atoms with Crippen LogP contribution in [-0.2, 0) is 16.1 Å². The summed E-state index contributed by atoms with van der Waals surface area (Å²) in [6.45, 7) is 6.68. The SMILES string of the molecule is C=C(Cn1cc([N+](=O)[O-])c(C)cc1=O)C(=O)OCC. The first-order valence-corrected chi connectivity index (χ1v) is 5.57. The highest BCUT2D eigenvalue weighted by atomic mass is 16.6. The standard InChI is InChI=1S/C12H14N2O5/c1-4-19-12(16)9(3)6-13-7-10(14(17)18)8(2)5-11(13)15/h5,7H,3-4,6H2,1-2H3. The quantitative estimate of drug-likeness (QED) is 0.345. The van der Waals surface area contributed by atoms with Crippen LogP contribution in [0, 0.1) is 17.0 Å². The predicted molar refractivity (Wildman–Crippen MR) is 67.9 cm³/mol. The smallest absolute Gasteiger partial charge is 0.335 e. The van der Waals surface area contributed by atoms with Crippen molar-refractivity contribution >= 4 is 11.7 Å². The summed E-state index contributed by atoms with van der Waals surface area (Å²) < 4.78 is 5.79. The second kappa shape index (κ2) is 5.94. The summed E-state index contributed by atoms with van der Waals surface area (Å²) in [6, 6.07) is 1.15. The first kappa shape index (κ1) is 14.6.